The molecule has 1 aromatic heterocycles. The predicted octanol–water partition coefficient (Wildman–Crippen LogP) is 2.70. The average Bonchev–Trinajstić information content (AvgIpc) is 2.91. The van der Waals surface area contributed by atoms with E-state index in [0.717, 1.165) is 5.76 Å². The largest absolute Gasteiger partial charge is 0.493 e. The van der Waals surface area contributed by atoms with Crippen LogP contribution in [0.3, 0.4) is 0 Å². The highest BCUT2D eigenvalue weighted by Gasteiger charge is 2.23. The van der Waals surface area contributed by atoms with Crippen LogP contribution in [0.5, 0.6) is 17.2 Å². The van der Waals surface area contributed by atoms with Crippen molar-refractivity contribution in [1.82, 2.24) is 0 Å². The quantitative estimate of drug-likeness (QED) is 0.911. The molecular formula is C15H18O5. The van der Waals surface area contributed by atoms with Crippen molar-refractivity contribution in [3.8, 4) is 17.2 Å². The summed E-state index contributed by atoms with van der Waals surface area (Å²) < 4.78 is 21.3. The summed E-state index contributed by atoms with van der Waals surface area (Å²) in [6.45, 7) is 1.82. The smallest absolute Gasteiger partial charge is 0.203 e. The third kappa shape index (κ3) is 2.44. The third-order valence-electron chi connectivity index (χ3n) is 3.06. The van der Waals surface area contributed by atoms with Crippen LogP contribution in [0.1, 0.15) is 23.2 Å². The molecule has 1 atom stereocenters. The fraction of sp³-hybridized carbons (Fsp3) is 0.333. The lowest BCUT2D eigenvalue weighted by atomic mass is 10.0. The molecule has 0 bridgehead atoms. The number of rotatable bonds is 5. The zero-order valence-electron chi connectivity index (χ0n) is 12.0. The first-order chi connectivity index (χ1) is 9.62. The van der Waals surface area contributed by atoms with Gasteiger partial charge in [-0.25, -0.2) is 0 Å². The van der Waals surface area contributed by atoms with E-state index in [9.17, 15) is 5.11 Å². The van der Waals surface area contributed by atoms with Gasteiger partial charge in [0.25, 0.3) is 0 Å². The minimum atomic E-state index is -0.932. The molecule has 0 saturated carbocycles. The van der Waals surface area contributed by atoms with Gasteiger partial charge in [0.2, 0.25) is 5.75 Å². The lowest BCUT2D eigenvalue weighted by Crippen LogP contribution is -2.04. The number of aliphatic hydroxyl groups excluding tert-OH is 1. The molecule has 0 radical (unpaired) electrons. The molecule has 0 amide bonds. The maximum absolute atomic E-state index is 10.4. The maximum Gasteiger partial charge on any atom is 0.203 e. The number of benzene rings is 1. The molecule has 0 aliphatic carbocycles. The molecule has 1 unspecified atom stereocenters. The van der Waals surface area contributed by atoms with Crippen LogP contribution in [0.4, 0.5) is 0 Å². The molecule has 5 heteroatoms. The molecule has 0 fully saturated rings. The van der Waals surface area contributed by atoms with Crippen molar-refractivity contribution in [1.29, 1.82) is 0 Å². The Kier molecular flexibility index (Phi) is 4.20. The zero-order chi connectivity index (χ0) is 14.7. The first-order valence-corrected chi connectivity index (χ1v) is 6.15. The van der Waals surface area contributed by atoms with Crippen molar-refractivity contribution < 1.29 is 23.7 Å². The fourth-order valence-corrected chi connectivity index (χ4v) is 2.09. The van der Waals surface area contributed by atoms with Crippen LogP contribution in [0.2, 0.25) is 0 Å². The molecule has 1 aromatic carbocycles. The van der Waals surface area contributed by atoms with Crippen molar-refractivity contribution in [2.75, 3.05) is 21.3 Å². The number of ether oxygens (including phenoxy) is 3. The highest BCUT2D eigenvalue weighted by molar-refractivity contribution is 5.57. The van der Waals surface area contributed by atoms with E-state index in [1.165, 1.54) is 14.2 Å². The van der Waals surface area contributed by atoms with E-state index < -0.39 is 6.10 Å². The summed E-state index contributed by atoms with van der Waals surface area (Å²) in [5.74, 6) is 2.59. The van der Waals surface area contributed by atoms with Gasteiger partial charge in [-0.3, -0.25) is 0 Å². The van der Waals surface area contributed by atoms with E-state index >= 15 is 0 Å². The maximum atomic E-state index is 10.4. The summed E-state index contributed by atoms with van der Waals surface area (Å²) in [7, 11) is 4.58. The number of hydrogen-bond acceptors (Lipinski definition) is 5. The molecule has 20 heavy (non-hydrogen) atoms. The number of aryl methyl sites for hydroxylation is 1. The van der Waals surface area contributed by atoms with Crippen LogP contribution in [0.15, 0.2) is 28.7 Å². The predicted molar refractivity (Wildman–Crippen MR) is 73.6 cm³/mol. The standard InChI is InChI=1S/C15H18O5/c1-9-5-7-11(20-9)13(16)10-6-8-12(17-2)15(19-4)14(10)18-3/h5-8,13,16H,1-4H3. The lowest BCUT2D eigenvalue weighted by molar-refractivity contribution is 0.182. The second-order valence-electron chi connectivity index (χ2n) is 4.27. The fourth-order valence-electron chi connectivity index (χ4n) is 2.09. The Hall–Kier alpha value is -2.14. The van der Waals surface area contributed by atoms with Crippen LogP contribution < -0.4 is 14.2 Å². The molecule has 108 valence electrons. The van der Waals surface area contributed by atoms with Crippen molar-refractivity contribution in [3.05, 3.63) is 41.3 Å². The van der Waals surface area contributed by atoms with Gasteiger partial charge in [-0.15, -0.1) is 0 Å². The van der Waals surface area contributed by atoms with Gasteiger partial charge in [0, 0.05) is 5.56 Å². The van der Waals surface area contributed by atoms with Gasteiger partial charge in [-0.2, -0.15) is 0 Å². The molecule has 5 nitrogen and oxygen atoms in total. The highest BCUT2D eigenvalue weighted by atomic mass is 16.5. The van der Waals surface area contributed by atoms with Crippen molar-refractivity contribution in [2.45, 2.75) is 13.0 Å². The number of hydrogen-bond donors (Lipinski definition) is 1. The topological polar surface area (TPSA) is 61.1 Å². The molecule has 0 saturated heterocycles. The minimum Gasteiger partial charge on any atom is -0.493 e. The van der Waals surface area contributed by atoms with Crippen LogP contribution in [-0.2, 0) is 0 Å². The number of aliphatic hydroxyl groups is 1. The zero-order valence-corrected chi connectivity index (χ0v) is 12.0. The van der Waals surface area contributed by atoms with E-state index in [0.29, 0.717) is 28.6 Å². The van der Waals surface area contributed by atoms with Crippen LogP contribution in [-0.4, -0.2) is 26.4 Å². The number of methoxy groups -OCH3 is 3. The second kappa shape index (κ2) is 5.88. The summed E-state index contributed by atoms with van der Waals surface area (Å²) in [6.07, 6.45) is -0.932. The van der Waals surface area contributed by atoms with E-state index in [4.69, 9.17) is 18.6 Å². The van der Waals surface area contributed by atoms with Crippen LogP contribution in [0.25, 0.3) is 0 Å². The molecule has 2 rings (SSSR count). The Balaban J connectivity index is 2.51. The second-order valence-corrected chi connectivity index (χ2v) is 4.27. The van der Waals surface area contributed by atoms with Crippen LogP contribution >= 0.6 is 0 Å². The Morgan fingerprint density at radius 1 is 0.950 bits per heavy atom. The molecule has 0 spiro atoms. The van der Waals surface area contributed by atoms with Gasteiger partial charge >= 0.3 is 0 Å². The van der Waals surface area contributed by atoms with E-state index in [-0.39, 0.29) is 0 Å². The van der Waals surface area contributed by atoms with Crippen molar-refractivity contribution >= 4 is 0 Å². The Bertz CT molecular complexity index is 588. The Morgan fingerprint density at radius 3 is 2.15 bits per heavy atom. The summed E-state index contributed by atoms with van der Waals surface area (Å²) in [5, 5.41) is 10.4. The normalized spacial score (nSPS) is 12.1. The SMILES string of the molecule is COc1ccc(C(O)c2ccc(C)o2)c(OC)c1OC. The summed E-state index contributed by atoms with van der Waals surface area (Å²) >= 11 is 0. The summed E-state index contributed by atoms with van der Waals surface area (Å²) in [5.41, 5.74) is 0.555. The van der Waals surface area contributed by atoms with Gasteiger partial charge in [0.15, 0.2) is 11.5 Å². The number of furan rings is 1. The first kappa shape index (κ1) is 14.3. The van der Waals surface area contributed by atoms with E-state index in [2.05, 4.69) is 0 Å². The van der Waals surface area contributed by atoms with Gasteiger partial charge < -0.3 is 23.7 Å². The Labute approximate surface area is 117 Å². The van der Waals surface area contributed by atoms with Gasteiger partial charge in [-0.1, -0.05) is 0 Å². The molecule has 0 aliphatic rings. The molecule has 1 heterocycles. The lowest BCUT2D eigenvalue weighted by Gasteiger charge is -2.18. The Morgan fingerprint density at radius 2 is 1.65 bits per heavy atom. The average molecular weight is 278 g/mol. The van der Waals surface area contributed by atoms with Crippen molar-refractivity contribution in [3.63, 3.8) is 0 Å². The van der Waals surface area contributed by atoms with Gasteiger partial charge in [-0.05, 0) is 31.2 Å². The molecule has 0 aliphatic heterocycles. The highest BCUT2D eigenvalue weighted by Crippen LogP contribution is 2.43. The van der Waals surface area contributed by atoms with E-state index in [1.54, 1.807) is 31.4 Å². The van der Waals surface area contributed by atoms with E-state index in [1.807, 2.05) is 6.92 Å². The first-order valence-electron chi connectivity index (χ1n) is 6.15. The van der Waals surface area contributed by atoms with Gasteiger partial charge in [0.05, 0.1) is 21.3 Å². The molecule has 2 aromatic rings. The monoisotopic (exact) mass is 278 g/mol. The van der Waals surface area contributed by atoms with Gasteiger partial charge in [0.1, 0.15) is 17.6 Å². The minimum absolute atomic E-state index is 0.424. The molecular weight excluding hydrogens is 260 g/mol. The van der Waals surface area contributed by atoms with Crippen LogP contribution in [0, 0.1) is 6.92 Å². The summed E-state index contributed by atoms with van der Waals surface area (Å²) in [6, 6.07) is 6.97. The summed E-state index contributed by atoms with van der Waals surface area (Å²) in [4.78, 5) is 0. The third-order valence-corrected chi connectivity index (χ3v) is 3.06. The molecule has 1 N–H and O–H groups in total. The van der Waals surface area contributed by atoms with Crippen molar-refractivity contribution in [2.24, 2.45) is 0 Å².